The van der Waals surface area contributed by atoms with E-state index in [9.17, 15) is 22.7 Å². The minimum atomic E-state index is -4.90. The quantitative estimate of drug-likeness (QED) is 0.343. The molecule has 0 aliphatic heterocycles. The third-order valence-electron chi connectivity index (χ3n) is 4.74. The van der Waals surface area contributed by atoms with Gasteiger partial charge >= 0.3 is 6.18 Å². The van der Waals surface area contributed by atoms with Crippen LogP contribution in [0.3, 0.4) is 0 Å². The van der Waals surface area contributed by atoms with Crippen molar-refractivity contribution >= 4 is 5.96 Å². The van der Waals surface area contributed by atoms with Gasteiger partial charge in [0.25, 0.3) is 0 Å². The van der Waals surface area contributed by atoms with Crippen LogP contribution in [0.2, 0.25) is 0 Å². The maximum atomic E-state index is 13.6. The number of benzene rings is 1. The van der Waals surface area contributed by atoms with Gasteiger partial charge in [0.15, 0.2) is 5.96 Å². The number of hydrogen-bond acceptors (Lipinski definition) is 3. The molecule has 1 aromatic carbocycles. The third-order valence-corrected chi connectivity index (χ3v) is 4.74. The molecule has 0 aliphatic carbocycles. The molecule has 166 valence electrons. The first-order valence-electron chi connectivity index (χ1n) is 9.62. The van der Waals surface area contributed by atoms with Crippen molar-refractivity contribution in [3.05, 3.63) is 53.4 Å². The first-order chi connectivity index (χ1) is 14.1. The summed E-state index contributed by atoms with van der Waals surface area (Å²) in [4.78, 5) is 7.83. The van der Waals surface area contributed by atoms with Crippen molar-refractivity contribution in [1.29, 1.82) is 0 Å². The molecule has 0 saturated carbocycles. The summed E-state index contributed by atoms with van der Waals surface area (Å²) in [5.74, 6) is -0.444. The highest BCUT2D eigenvalue weighted by Gasteiger charge is 2.57. The van der Waals surface area contributed by atoms with Gasteiger partial charge in [-0.15, -0.1) is 0 Å². The zero-order valence-electron chi connectivity index (χ0n) is 17.2. The fourth-order valence-corrected chi connectivity index (χ4v) is 3.07. The molecule has 0 aliphatic rings. The second-order valence-corrected chi connectivity index (χ2v) is 6.98. The van der Waals surface area contributed by atoms with Crippen molar-refractivity contribution in [3.63, 3.8) is 0 Å². The summed E-state index contributed by atoms with van der Waals surface area (Å²) in [5.41, 5.74) is -1.32. The summed E-state index contributed by atoms with van der Waals surface area (Å²) in [7, 11) is 1.39. The number of alkyl halides is 3. The van der Waals surface area contributed by atoms with E-state index in [2.05, 4.69) is 20.6 Å². The normalized spacial score (nSPS) is 14.5. The van der Waals surface area contributed by atoms with Crippen molar-refractivity contribution in [2.24, 2.45) is 12.0 Å². The molecular formula is C20H27F4N5O. The van der Waals surface area contributed by atoms with E-state index in [0.29, 0.717) is 25.5 Å². The number of guanidine groups is 1. The molecule has 2 aromatic rings. The second kappa shape index (κ2) is 9.92. The lowest BCUT2D eigenvalue weighted by molar-refractivity contribution is -0.272. The summed E-state index contributed by atoms with van der Waals surface area (Å²) in [5, 5.41) is 16.4. The molecule has 0 fully saturated rings. The predicted octanol–water partition coefficient (Wildman–Crippen LogP) is 2.81. The summed E-state index contributed by atoms with van der Waals surface area (Å²) < 4.78 is 55.0. The Morgan fingerprint density at radius 1 is 1.27 bits per heavy atom. The molecule has 1 heterocycles. The lowest BCUT2D eigenvalue weighted by Gasteiger charge is -2.29. The molecule has 30 heavy (non-hydrogen) atoms. The van der Waals surface area contributed by atoms with Crippen LogP contribution in [0.1, 0.15) is 30.3 Å². The molecule has 1 aromatic heterocycles. The van der Waals surface area contributed by atoms with Crippen LogP contribution in [-0.2, 0) is 19.1 Å². The predicted molar refractivity (Wildman–Crippen MR) is 107 cm³/mol. The lowest BCUT2D eigenvalue weighted by Crippen LogP contribution is -2.45. The van der Waals surface area contributed by atoms with Crippen LogP contribution in [0.15, 0.2) is 35.6 Å². The molecule has 0 bridgehead atoms. The highest BCUT2D eigenvalue weighted by molar-refractivity contribution is 5.79. The van der Waals surface area contributed by atoms with Crippen LogP contribution in [0.4, 0.5) is 17.6 Å². The Labute approximate surface area is 173 Å². The van der Waals surface area contributed by atoms with Crippen LogP contribution in [0, 0.1) is 12.7 Å². The molecule has 2 rings (SSSR count). The van der Waals surface area contributed by atoms with E-state index in [1.54, 1.807) is 6.07 Å². The number of nitrogens with zero attached hydrogens (tertiary/aromatic N) is 3. The van der Waals surface area contributed by atoms with Gasteiger partial charge in [-0.05, 0) is 43.5 Å². The number of hydrogen-bond donors (Lipinski definition) is 3. The molecule has 6 nitrogen and oxygen atoms in total. The summed E-state index contributed by atoms with van der Waals surface area (Å²) in [6, 6.07) is 4.54. The van der Waals surface area contributed by atoms with Crippen molar-refractivity contribution in [1.82, 2.24) is 20.2 Å². The second-order valence-electron chi connectivity index (χ2n) is 6.98. The lowest BCUT2D eigenvalue weighted by atomic mass is 9.98. The molecule has 0 radical (unpaired) electrons. The SMILES string of the molecule is CCNC(=NCCC(O)(c1nccn1C)C(F)(F)F)NCCc1ccc(F)cc1C. The largest absolute Gasteiger partial charge is 0.424 e. The molecule has 0 spiro atoms. The minimum Gasteiger partial charge on any atom is -0.374 e. The van der Waals surface area contributed by atoms with Gasteiger partial charge in [-0.3, -0.25) is 4.99 Å². The van der Waals surface area contributed by atoms with Gasteiger partial charge < -0.3 is 20.3 Å². The smallest absolute Gasteiger partial charge is 0.374 e. The Balaban J connectivity index is 2.03. The van der Waals surface area contributed by atoms with E-state index in [-0.39, 0.29) is 12.4 Å². The van der Waals surface area contributed by atoms with E-state index in [4.69, 9.17) is 0 Å². The van der Waals surface area contributed by atoms with Crippen LogP contribution in [-0.4, -0.2) is 46.4 Å². The Bertz CT molecular complexity index is 865. The molecule has 1 atom stereocenters. The molecule has 10 heteroatoms. The van der Waals surface area contributed by atoms with Crippen LogP contribution in [0.25, 0.3) is 0 Å². The van der Waals surface area contributed by atoms with Crippen molar-refractivity contribution in [2.45, 2.75) is 38.5 Å². The standard InChI is InChI=1S/C20H27F4N5O/c1-4-25-18(27-9-7-15-5-6-16(21)13-14(15)2)28-10-8-19(30,20(22,23)24)17-26-11-12-29(17)3/h5-6,11-13,30H,4,7-10H2,1-3H3,(H2,25,27,28). The maximum absolute atomic E-state index is 13.6. The van der Waals surface area contributed by atoms with E-state index in [1.165, 1.54) is 31.6 Å². The zero-order valence-corrected chi connectivity index (χ0v) is 17.2. The summed E-state index contributed by atoms with van der Waals surface area (Å²) in [6.45, 7) is 4.36. The summed E-state index contributed by atoms with van der Waals surface area (Å²) >= 11 is 0. The molecule has 1 unspecified atom stereocenters. The van der Waals surface area contributed by atoms with E-state index < -0.39 is 24.0 Å². The monoisotopic (exact) mass is 429 g/mol. The van der Waals surface area contributed by atoms with Gasteiger partial charge in [0.2, 0.25) is 5.60 Å². The number of imidazole rings is 1. The fraction of sp³-hybridized carbons (Fsp3) is 0.500. The van der Waals surface area contributed by atoms with E-state index in [1.807, 2.05) is 13.8 Å². The van der Waals surface area contributed by atoms with Crippen LogP contribution >= 0.6 is 0 Å². The minimum absolute atomic E-state index is 0.270. The number of aryl methyl sites for hydroxylation is 2. The van der Waals surface area contributed by atoms with Gasteiger partial charge in [-0.1, -0.05) is 6.07 Å². The zero-order chi connectivity index (χ0) is 22.4. The topological polar surface area (TPSA) is 74.5 Å². The van der Waals surface area contributed by atoms with Gasteiger partial charge in [0.05, 0.1) is 0 Å². The highest BCUT2D eigenvalue weighted by Crippen LogP contribution is 2.40. The van der Waals surface area contributed by atoms with E-state index >= 15 is 0 Å². The van der Waals surface area contributed by atoms with E-state index in [0.717, 1.165) is 15.7 Å². The third kappa shape index (κ3) is 5.71. The van der Waals surface area contributed by atoms with Crippen molar-refractivity contribution < 1.29 is 22.7 Å². The molecule has 0 saturated heterocycles. The van der Waals surface area contributed by atoms with Crippen molar-refractivity contribution in [2.75, 3.05) is 19.6 Å². The average molecular weight is 429 g/mol. The fourth-order valence-electron chi connectivity index (χ4n) is 3.07. The van der Waals surface area contributed by atoms with Gasteiger partial charge in [-0.2, -0.15) is 13.2 Å². The number of aliphatic hydroxyl groups is 1. The van der Waals surface area contributed by atoms with Gasteiger partial charge in [0.1, 0.15) is 11.6 Å². The number of halogens is 4. The number of aliphatic imine (C=N–C) groups is 1. The van der Waals surface area contributed by atoms with Crippen molar-refractivity contribution in [3.8, 4) is 0 Å². The molecule has 0 amide bonds. The number of rotatable bonds is 8. The number of aromatic nitrogens is 2. The Kier molecular flexibility index (Phi) is 7.83. The molecular weight excluding hydrogens is 402 g/mol. The first-order valence-corrected chi connectivity index (χ1v) is 9.62. The maximum Gasteiger partial charge on any atom is 0.424 e. The molecule has 3 N–H and O–H groups in total. The summed E-state index contributed by atoms with van der Waals surface area (Å²) in [6.07, 6.45) is -2.42. The Morgan fingerprint density at radius 2 is 2.00 bits per heavy atom. The highest BCUT2D eigenvalue weighted by atomic mass is 19.4. The Morgan fingerprint density at radius 3 is 2.57 bits per heavy atom. The first kappa shape index (κ1) is 23.7. The Hall–Kier alpha value is -2.62. The van der Waals surface area contributed by atoms with Gasteiger partial charge in [0, 0.05) is 45.5 Å². The van der Waals surface area contributed by atoms with Crippen LogP contribution < -0.4 is 10.6 Å². The van der Waals surface area contributed by atoms with Crippen LogP contribution in [0.5, 0.6) is 0 Å². The number of nitrogens with one attached hydrogen (secondary N) is 2. The van der Waals surface area contributed by atoms with Gasteiger partial charge in [-0.25, -0.2) is 9.37 Å². The average Bonchev–Trinajstić information content (AvgIpc) is 3.09.